The van der Waals surface area contributed by atoms with Crippen molar-refractivity contribution in [2.75, 3.05) is 13.7 Å². The molecular weight excluding hydrogens is 349 g/mol. The van der Waals surface area contributed by atoms with Crippen molar-refractivity contribution in [1.82, 2.24) is 0 Å². The fraction of sp³-hybridized carbons (Fsp3) is 0.158. The Kier molecular flexibility index (Phi) is 6.34. The van der Waals surface area contributed by atoms with Crippen LogP contribution in [-0.2, 0) is 4.79 Å². The van der Waals surface area contributed by atoms with Gasteiger partial charge in [0.25, 0.3) is 0 Å². The van der Waals surface area contributed by atoms with E-state index >= 15 is 0 Å². The van der Waals surface area contributed by atoms with E-state index in [1.165, 1.54) is 32.2 Å². The van der Waals surface area contributed by atoms with Crippen LogP contribution in [0.3, 0.4) is 0 Å². The summed E-state index contributed by atoms with van der Waals surface area (Å²) in [6, 6.07) is 6.21. The fourth-order valence-corrected chi connectivity index (χ4v) is 2.31. The third kappa shape index (κ3) is 3.98. The van der Waals surface area contributed by atoms with E-state index in [-0.39, 0.29) is 45.9 Å². The van der Waals surface area contributed by atoms with Gasteiger partial charge in [-0.3, -0.25) is 14.4 Å². The molecule has 134 valence electrons. The average Bonchev–Trinajstić information content (AvgIpc) is 3.14. The zero-order valence-corrected chi connectivity index (χ0v) is 14.6. The summed E-state index contributed by atoms with van der Waals surface area (Å²) in [7, 11) is 7.24. The van der Waals surface area contributed by atoms with E-state index in [0.717, 1.165) is 6.26 Å². The minimum Gasteiger partial charge on any atom is -0.493 e. The topological polar surface area (TPSA) is 107 Å². The number of nitrogens with zero attached hydrogens (tertiary/aromatic N) is 1. The van der Waals surface area contributed by atoms with Gasteiger partial charge in [-0.15, -0.1) is 0 Å². The van der Waals surface area contributed by atoms with Crippen molar-refractivity contribution >= 4 is 31.7 Å². The third-order valence-corrected chi connectivity index (χ3v) is 3.76. The molecule has 0 saturated carbocycles. The molecule has 0 aliphatic rings. The quantitative estimate of drug-likeness (QED) is 0.307. The molecule has 0 saturated heterocycles. The molecule has 0 aliphatic carbocycles. The molecule has 0 fully saturated rings. The van der Waals surface area contributed by atoms with Gasteiger partial charge in [-0.2, -0.15) is 5.26 Å². The number of ketones is 1. The molecule has 8 heteroatoms. The first-order valence-electron chi connectivity index (χ1n) is 7.69. The molecule has 0 atom stereocenters. The number of carbonyl (C=O) groups excluding carboxylic acids is 3. The Labute approximate surface area is 156 Å². The molecule has 1 aromatic heterocycles. The first-order chi connectivity index (χ1) is 13.0. The van der Waals surface area contributed by atoms with E-state index in [9.17, 15) is 14.4 Å². The Bertz CT molecular complexity index is 967. The average molecular weight is 363 g/mol. The number of allylic oxidation sites excluding steroid dienone is 1. The Morgan fingerprint density at radius 1 is 1.33 bits per heavy atom. The van der Waals surface area contributed by atoms with Crippen LogP contribution in [-0.4, -0.2) is 39.9 Å². The normalized spacial score (nSPS) is 11.1. The van der Waals surface area contributed by atoms with Crippen molar-refractivity contribution in [2.24, 2.45) is 0 Å². The highest BCUT2D eigenvalue weighted by molar-refractivity contribution is 6.44. The number of nitriles is 1. The molecule has 1 heterocycles. The second-order valence-electron chi connectivity index (χ2n) is 5.37. The minimum absolute atomic E-state index is 0.0157. The SMILES string of the molecule is [B]/C(=C(\C)C=O)c1occ(C(=O)c2ccc(OC)c(OCC#N)c2)c1C=O. The number of rotatable bonds is 8. The van der Waals surface area contributed by atoms with Crippen LogP contribution in [0.2, 0.25) is 0 Å². The van der Waals surface area contributed by atoms with Gasteiger partial charge in [-0.05, 0) is 36.2 Å². The zero-order chi connectivity index (χ0) is 20.0. The van der Waals surface area contributed by atoms with Gasteiger partial charge in [0.15, 0.2) is 30.2 Å². The van der Waals surface area contributed by atoms with Crippen LogP contribution in [0.4, 0.5) is 0 Å². The molecule has 2 rings (SSSR count). The van der Waals surface area contributed by atoms with Gasteiger partial charge in [0.05, 0.1) is 18.2 Å². The maximum absolute atomic E-state index is 12.8. The number of carbonyl (C=O) groups is 3. The van der Waals surface area contributed by atoms with E-state index in [1.54, 1.807) is 0 Å². The summed E-state index contributed by atoms with van der Waals surface area (Å²) in [5.74, 6) is -0.0166. The first-order valence-corrected chi connectivity index (χ1v) is 7.69. The molecule has 27 heavy (non-hydrogen) atoms. The van der Waals surface area contributed by atoms with Gasteiger partial charge >= 0.3 is 0 Å². The second kappa shape index (κ2) is 8.67. The molecule has 0 aliphatic heterocycles. The van der Waals surface area contributed by atoms with Gasteiger partial charge in [0.1, 0.15) is 32.2 Å². The monoisotopic (exact) mass is 363 g/mol. The van der Waals surface area contributed by atoms with E-state index in [2.05, 4.69) is 0 Å². The summed E-state index contributed by atoms with van der Waals surface area (Å²) in [6.07, 6.45) is 2.07. The lowest BCUT2D eigenvalue weighted by molar-refractivity contribution is -0.104. The largest absolute Gasteiger partial charge is 0.493 e. The van der Waals surface area contributed by atoms with Gasteiger partial charge < -0.3 is 13.9 Å². The predicted octanol–water partition coefficient (Wildman–Crippen LogP) is 2.33. The first kappa shape index (κ1) is 19.7. The fourth-order valence-electron chi connectivity index (χ4n) is 2.31. The second-order valence-corrected chi connectivity index (χ2v) is 5.37. The highest BCUT2D eigenvalue weighted by Gasteiger charge is 2.22. The number of aldehydes is 2. The molecule has 2 aromatic rings. The summed E-state index contributed by atoms with van der Waals surface area (Å²) < 4.78 is 15.6. The van der Waals surface area contributed by atoms with Crippen LogP contribution < -0.4 is 9.47 Å². The predicted molar refractivity (Wildman–Crippen MR) is 96.0 cm³/mol. The van der Waals surface area contributed by atoms with Gasteiger partial charge in [-0.1, -0.05) is 0 Å². The maximum Gasteiger partial charge on any atom is 0.197 e. The lowest BCUT2D eigenvalue weighted by Gasteiger charge is -2.10. The molecule has 0 N–H and O–H groups in total. The standard InChI is InChI=1S/C19H14BNO6/c1-11(8-22)17(20)19-13(9-23)14(10-27-19)18(24)12-3-4-15(25-2)16(7-12)26-6-5-21/h3-4,7-10H,6H2,1-2H3/b17-11+. The maximum atomic E-state index is 12.8. The van der Waals surface area contributed by atoms with Gasteiger partial charge in [0.2, 0.25) is 0 Å². The Hall–Kier alpha value is -3.60. The van der Waals surface area contributed by atoms with E-state index in [1.807, 2.05) is 6.07 Å². The molecule has 2 radical (unpaired) electrons. The summed E-state index contributed by atoms with van der Waals surface area (Å²) >= 11 is 0. The lowest BCUT2D eigenvalue weighted by atomic mass is 9.86. The van der Waals surface area contributed by atoms with Crippen LogP contribution in [0.25, 0.3) is 5.47 Å². The Balaban J connectivity index is 2.50. The van der Waals surface area contributed by atoms with Crippen molar-refractivity contribution in [3.8, 4) is 17.6 Å². The van der Waals surface area contributed by atoms with Crippen molar-refractivity contribution in [3.05, 3.63) is 52.5 Å². The Morgan fingerprint density at radius 2 is 2.07 bits per heavy atom. The van der Waals surface area contributed by atoms with Gasteiger partial charge in [-0.25, -0.2) is 0 Å². The smallest absolute Gasteiger partial charge is 0.197 e. The van der Waals surface area contributed by atoms with E-state index in [0.29, 0.717) is 18.3 Å². The minimum atomic E-state index is -0.520. The number of ether oxygens (including phenoxy) is 2. The van der Waals surface area contributed by atoms with Crippen LogP contribution >= 0.6 is 0 Å². The number of hydrogen-bond acceptors (Lipinski definition) is 7. The number of methoxy groups -OCH3 is 1. The summed E-state index contributed by atoms with van der Waals surface area (Å²) in [4.78, 5) is 35.2. The van der Waals surface area contributed by atoms with Gasteiger partial charge in [0, 0.05) is 5.56 Å². The third-order valence-electron chi connectivity index (χ3n) is 3.76. The summed E-state index contributed by atoms with van der Waals surface area (Å²) in [6.45, 7) is 1.24. The lowest BCUT2D eigenvalue weighted by Crippen LogP contribution is -2.06. The van der Waals surface area contributed by atoms with Crippen molar-refractivity contribution in [1.29, 1.82) is 5.26 Å². The molecule has 0 spiro atoms. The molecule has 1 aromatic carbocycles. The van der Waals surface area contributed by atoms with Crippen LogP contribution in [0.5, 0.6) is 11.5 Å². The molecule has 0 unspecified atom stereocenters. The Morgan fingerprint density at radius 3 is 2.67 bits per heavy atom. The van der Waals surface area contributed by atoms with E-state index < -0.39 is 5.78 Å². The van der Waals surface area contributed by atoms with Crippen molar-refractivity contribution in [2.45, 2.75) is 6.92 Å². The highest BCUT2D eigenvalue weighted by Crippen LogP contribution is 2.31. The summed E-state index contributed by atoms with van der Waals surface area (Å²) in [5, 5.41) is 8.66. The van der Waals surface area contributed by atoms with E-state index in [4.69, 9.17) is 27.0 Å². The molecule has 7 nitrogen and oxygen atoms in total. The van der Waals surface area contributed by atoms with Crippen LogP contribution in [0.15, 0.2) is 34.5 Å². The number of furan rings is 1. The number of hydrogen-bond donors (Lipinski definition) is 0. The molecular formula is C19H14BNO6. The highest BCUT2D eigenvalue weighted by atomic mass is 16.5. The van der Waals surface area contributed by atoms with Crippen molar-refractivity contribution in [3.63, 3.8) is 0 Å². The van der Waals surface area contributed by atoms with Crippen LogP contribution in [0.1, 0.15) is 39.0 Å². The molecule has 0 amide bonds. The van der Waals surface area contributed by atoms with Crippen molar-refractivity contribution < 1.29 is 28.3 Å². The van der Waals surface area contributed by atoms with Crippen LogP contribution in [0, 0.1) is 11.3 Å². The molecule has 0 bridgehead atoms. The summed E-state index contributed by atoms with van der Waals surface area (Å²) in [5.41, 5.74) is 0.253. The zero-order valence-electron chi connectivity index (χ0n) is 14.6. The number of benzene rings is 1.